The summed E-state index contributed by atoms with van der Waals surface area (Å²) in [7, 11) is 0. The number of carbonyl (C=O) groups is 1. The number of piperidine rings is 1. The summed E-state index contributed by atoms with van der Waals surface area (Å²) in [6.45, 7) is 6.99. The van der Waals surface area contributed by atoms with Crippen LogP contribution in [-0.2, 0) is 16.1 Å². The maximum atomic E-state index is 13.3. The fourth-order valence-corrected chi connectivity index (χ4v) is 5.92. The smallest absolute Gasteiger partial charge is 0.252 e. The maximum Gasteiger partial charge on any atom is 0.252 e. The van der Waals surface area contributed by atoms with E-state index in [1.807, 2.05) is 38.1 Å². The fourth-order valence-electron chi connectivity index (χ4n) is 5.34. The van der Waals surface area contributed by atoms with Crippen LogP contribution in [0.25, 0.3) is 0 Å². The van der Waals surface area contributed by atoms with E-state index >= 15 is 0 Å². The van der Waals surface area contributed by atoms with Crippen LogP contribution in [0, 0.1) is 11.7 Å². The molecule has 2 saturated heterocycles. The van der Waals surface area contributed by atoms with E-state index in [4.69, 9.17) is 27.9 Å². The van der Waals surface area contributed by atoms with Gasteiger partial charge in [-0.1, -0.05) is 49.2 Å². The van der Waals surface area contributed by atoms with E-state index in [2.05, 4.69) is 10.2 Å². The summed E-state index contributed by atoms with van der Waals surface area (Å²) < 4.78 is 19.6. The zero-order chi connectivity index (χ0) is 24.3. The third-order valence-corrected chi connectivity index (χ3v) is 7.90. The number of likely N-dealkylation sites (tertiary alicyclic amines) is 1. The lowest BCUT2D eigenvalue weighted by Crippen LogP contribution is -2.58. The number of carbonyl (C=O) groups excluding carboxylic acids is 1. The number of nitrogens with one attached hydrogen (secondary N) is 1. The van der Waals surface area contributed by atoms with Crippen LogP contribution in [0.5, 0.6) is 0 Å². The van der Waals surface area contributed by atoms with Crippen molar-refractivity contribution in [1.82, 2.24) is 10.2 Å². The highest BCUT2D eigenvalue weighted by Gasteiger charge is 2.46. The summed E-state index contributed by atoms with van der Waals surface area (Å²) in [5.41, 5.74) is 1.26. The van der Waals surface area contributed by atoms with Crippen molar-refractivity contribution in [3.05, 3.63) is 69.5 Å². The lowest BCUT2D eigenvalue weighted by atomic mass is 9.80. The van der Waals surface area contributed by atoms with Crippen LogP contribution >= 0.6 is 23.2 Å². The first-order valence-corrected chi connectivity index (χ1v) is 12.9. The number of benzene rings is 2. The normalized spacial score (nSPS) is 24.4. The second-order valence-electron chi connectivity index (χ2n) is 9.87. The van der Waals surface area contributed by atoms with E-state index in [1.54, 1.807) is 18.2 Å². The highest BCUT2D eigenvalue weighted by Crippen LogP contribution is 2.36. The van der Waals surface area contributed by atoms with Crippen molar-refractivity contribution in [2.45, 2.75) is 63.6 Å². The van der Waals surface area contributed by atoms with Gasteiger partial charge >= 0.3 is 0 Å². The summed E-state index contributed by atoms with van der Waals surface area (Å²) in [5, 5.41) is 4.15. The van der Waals surface area contributed by atoms with Crippen LogP contribution in [0.4, 0.5) is 4.39 Å². The summed E-state index contributed by atoms with van der Waals surface area (Å²) in [4.78, 5) is 15.8. The second-order valence-corrected chi connectivity index (χ2v) is 10.7. The topological polar surface area (TPSA) is 41.6 Å². The van der Waals surface area contributed by atoms with Crippen molar-refractivity contribution in [3.63, 3.8) is 0 Å². The van der Waals surface area contributed by atoms with Crippen molar-refractivity contribution in [2.75, 3.05) is 19.7 Å². The Hall–Kier alpha value is -1.66. The van der Waals surface area contributed by atoms with Gasteiger partial charge in [0.25, 0.3) is 5.91 Å². The molecule has 0 bridgehead atoms. The second kappa shape index (κ2) is 10.9. The Balaban J connectivity index is 1.31. The van der Waals surface area contributed by atoms with Crippen molar-refractivity contribution >= 4 is 29.1 Å². The molecule has 0 aliphatic carbocycles. The number of ether oxygens (including phenoxy) is 1. The van der Waals surface area contributed by atoms with Crippen molar-refractivity contribution in [1.29, 1.82) is 0 Å². The molecule has 2 aliphatic rings. The SMILES string of the molecule is CC(C)[C@]1(C(=O)NCc2cc(Cl)cc(Cl)c2)CC[C@@H](N2CCC(c3ccc(F)cc3)CC2)CO1. The molecule has 2 heterocycles. The van der Waals surface area contributed by atoms with Gasteiger partial charge in [0.15, 0.2) is 0 Å². The molecule has 2 fully saturated rings. The number of halogens is 3. The number of hydrogen-bond donors (Lipinski definition) is 1. The molecule has 1 N–H and O–H groups in total. The maximum absolute atomic E-state index is 13.3. The molecule has 0 radical (unpaired) electrons. The molecule has 184 valence electrons. The Bertz CT molecular complexity index is 962. The van der Waals surface area contributed by atoms with Crippen LogP contribution in [0.15, 0.2) is 42.5 Å². The highest BCUT2D eigenvalue weighted by molar-refractivity contribution is 6.34. The van der Waals surface area contributed by atoms with Gasteiger partial charge in [0.1, 0.15) is 11.4 Å². The Kier molecular flexibility index (Phi) is 8.19. The molecular formula is C27H33Cl2FN2O2. The van der Waals surface area contributed by atoms with Gasteiger partial charge in [-0.15, -0.1) is 0 Å². The Morgan fingerprint density at radius 1 is 1.12 bits per heavy atom. The first-order chi connectivity index (χ1) is 16.3. The molecule has 0 aromatic heterocycles. The standard InChI is InChI=1S/C27H33Cl2FN2O2/c1-18(2)27(26(33)31-16-19-13-22(28)15-23(29)14-19)10-7-25(17-34-27)32-11-8-21(9-12-32)20-3-5-24(30)6-4-20/h3-6,13-15,18,21,25H,7-12,16-17H2,1-2H3,(H,31,33)/t25-,27+/m1/s1. The monoisotopic (exact) mass is 506 g/mol. The molecule has 4 rings (SSSR count). The van der Waals surface area contributed by atoms with Crippen molar-refractivity contribution < 1.29 is 13.9 Å². The van der Waals surface area contributed by atoms with Gasteiger partial charge in [-0.2, -0.15) is 0 Å². The molecule has 0 unspecified atom stereocenters. The number of amides is 1. The average molecular weight is 507 g/mol. The van der Waals surface area contributed by atoms with Crippen LogP contribution in [0.3, 0.4) is 0 Å². The van der Waals surface area contributed by atoms with E-state index in [1.165, 1.54) is 5.56 Å². The summed E-state index contributed by atoms with van der Waals surface area (Å²) in [5.74, 6) is 0.268. The third-order valence-electron chi connectivity index (χ3n) is 7.46. The fraction of sp³-hybridized carbons (Fsp3) is 0.519. The highest BCUT2D eigenvalue weighted by atomic mass is 35.5. The van der Waals surface area contributed by atoms with Crippen LogP contribution in [-0.4, -0.2) is 42.1 Å². The van der Waals surface area contributed by atoms with E-state index < -0.39 is 5.60 Å². The molecule has 2 aromatic rings. The molecule has 2 atom stereocenters. The lowest BCUT2D eigenvalue weighted by Gasteiger charge is -2.46. The van der Waals surface area contributed by atoms with Gasteiger partial charge in [0, 0.05) is 22.6 Å². The molecular weight excluding hydrogens is 474 g/mol. The van der Waals surface area contributed by atoms with Crippen molar-refractivity contribution in [3.8, 4) is 0 Å². The number of hydrogen-bond acceptors (Lipinski definition) is 3. The largest absolute Gasteiger partial charge is 0.363 e. The lowest BCUT2D eigenvalue weighted by molar-refractivity contribution is -0.170. The summed E-state index contributed by atoms with van der Waals surface area (Å²) in [6, 6.07) is 12.5. The predicted molar refractivity (Wildman–Crippen MR) is 135 cm³/mol. The van der Waals surface area contributed by atoms with Gasteiger partial charge in [0.2, 0.25) is 0 Å². The quantitative estimate of drug-likeness (QED) is 0.506. The van der Waals surface area contributed by atoms with E-state index in [0.29, 0.717) is 41.6 Å². The minimum atomic E-state index is -0.828. The molecule has 0 spiro atoms. The molecule has 2 aliphatic heterocycles. The zero-order valence-corrected chi connectivity index (χ0v) is 21.3. The van der Waals surface area contributed by atoms with Gasteiger partial charge in [0.05, 0.1) is 6.61 Å². The van der Waals surface area contributed by atoms with Gasteiger partial charge in [-0.25, -0.2) is 4.39 Å². The molecule has 34 heavy (non-hydrogen) atoms. The van der Waals surface area contributed by atoms with Crippen LogP contribution < -0.4 is 5.32 Å². The Labute approximate surface area is 211 Å². The Morgan fingerprint density at radius 2 is 1.76 bits per heavy atom. The van der Waals surface area contributed by atoms with Gasteiger partial charge in [-0.3, -0.25) is 9.69 Å². The molecule has 0 saturated carbocycles. The summed E-state index contributed by atoms with van der Waals surface area (Å²) in [6.07, 6.45) is 3.73. The molecule has 7 heteroatoms. The molecule has 2 aromatic carbocycles. The van der Waals surface area contributed by atoms with E-state index in [9.17, 15) is 9.18 Å². The van der Waals surface area contributed by atoms with Gasteiger partial charge in [-0.05, 0) is 92.1 Å². The van der Waals surface area contributed by atoms with Crippen LogP contribution in [0.1, 0.15) is 56.6 Å². The molecule has 4 nitrogen and oxygen atoms in total. The Morgan fingerprint density at radius 3 is 2.32 bits per heavy atom. The average Bonchev–Trinajstić information content (AvgIpc) is 2.82. The van der Waals surface area contributed by atoms with E-state index in [-0.39, 0.29) is 17.6 Å². The zero-order valence-electron chi connectivity index (χ0n) is 19.8. The number of rotatable bonds is 6. The minimum Gasteiger partial charge on any atom is -0.363 e. The predicted octanol–water partition coefficient (Wildman–Crippen LogP) is 6.20. The number of nitrogens with zero attached hydrogens (tertiary/aromatic N) is 1. The van der Waals surface area contributed by atoms with E-state index in [0.717, 1.165) is 37.9 Å². The van der Waals surface area contributed by atoms with Gasteiger partial charge < -0.3 is 10.1 Å². The minimum absolute atomic E-state index is 0.0561. The summed E-state index contributed by atoms with van der Waals surface area (Å²) >= 11 is 12.2. The first-order valence-electron chi connectivity index (χ1n) is 12.1. The van der Waals surface area contributed by atoms with Crippen LogP contribution in [0.2, 0.25) is 10.0 Å². The first kappa shape index (κ1) is 25.4. The third kappa shape index (κ3) is 5.76. The van der Waals surface area contributed by atoms with Crippen molar-refractivity contribution in [2.24, 2.45) is 5.92 Å². The molecule has 1 amide bonds.